The standard InChI is InChI=1S/C15H20N2O/c1-3-9-17(11-14-7-5-4-6-8-14)12-15-10-13(2)16-18-15/h4-8,10H,3,9,11-12H2,1-2H3. The summed E-state index contributed by atoms with van der Waals surface area (Å²) in [5.41, 5.74) is 2.28. The summed E-state index contributed by atoms with van der Waals surface area (Å²) in [6.07, 6.45) is 1.14. The van der Waals surface area contributed by atoms with Gasteiger partial charge in [0.25, 0.3) is 0 Å². The number of aromatic nitrogens is 1. The minimum absolute atomic E-state index is 0.823. The molecule has 0 atom stereocenters. The van der Waals surface area contributed by atoms with E-state index in [-0.39, 0.29) is 0 Å². The van der Waals surface area contributed by atoms with Gasteiger partial charge in [0.15, 0.2) is 5.76 Å². The molecule has 0 radical (unpaired) electrons. The summed E-state index contributed by atoms with van der Waals surface area (Å²) in [5.74, 6) is 0.942. The third-order valence-corrected chi connectivity index (χ3v) is 2.85. The molecule has 0 aliphatic heterocycles. The SMILES string of the molecule is CCCN(Cc1ccccc1)Cc1cc(C)no1. The van der Waals surface area contributed by atoms with Crippen LogP contribution in [0, 0.1) is 6.92 Å². The Morgan fingerprint density at radius 2 is 1.94 bits per heavy atom. The lowest BCUT2D eigenvalue weighted by Crippen LogP contribution is -2.23. The lowest BCUT2D eigenvalue weighted by molar-refractivity contribution is 0.223. The van der Waals surface area contributed by atoms with Gasteiger partial charge in [-0.3, -0.25) is 4.90 Å². The fraction of sp³-hybridized carbons (Fsp3) is 0.400. The van der Waals surface area contributed by atoms with Crippen LogP contribution in [0.25, 0.3) is 0 Å². The smallest absolute Gasteiger partial charge is 0.150 e. The van der Waals surface area contributed by atoms with Gasteiger partial charge in [0.2, 0.25) is 0 Å². The number of hydrogen-bond donors (Lipinski definition) is 0. The van der Waals surface area contributed by atoms with Crippen molar-refractivity contribution >= 4 is 0 Å². The molecule has 1 aromatic carbocycles. The third-order valence-electron chi connectivity index (χ3n) is 2.85. The van der Waals surface area contributed by atoms with E-state index in [0.717, 1.165) is 37.5 Å². The summed E-state index contributed by atoms with van der Waals surface area (Å²) in [5, 5.41) is 3.94. The fourth-order valence-corrected chi connectivity index (χ4v) is 2.08. The molecule has 0 amide bonds. The zero-order valence-corrected chi connectivity index (χ0v) is 11.1. The second kappa shape index (κ2) is 6.36. The van der Waals surface area contributed by atoms with E-state index in [1.807, 2.05) is 19.1 Å². The van der Waals surface area contributed by atoms with Gasteiger partial charge in [-0.2, -0.15) is 0 Å². The van der Waals surface area contributed by atoms with Crippen molar-refractivity contribution < 1.29 is 4.52 Å². The molecule has 96 valence electrons. The van der Waals surface area contributed by atoms with Gasteiger partial charge < -0.3 is 4.52 Å². The van der Waals surface area contributed by atoms with Gasteiger partial charge in [-0.1, -0.05) is 42.4 Å². The maximum Gasteiger partial charge on any atom is 0.150 e. The number of hydrogen-bond acceptors (Lipinski definition) is 3. The van der Waals surface area contributed by atoms with E-state index in [4.69, 9.17) is 4.52 Å². The minimum atomic E-state index is 0.823. The van der Waals surface area contributed by atoms with Crippen molar-refractivity contribution in [2.45, 2.75) is 33.4 Å². The van der Waals surface area contributed by atoms with Crippen LogP contribution in [0.1, 0.15) is 30.4 Å². The molecule has 0 N–H and O–H groups in total. The van der Waals surface area contributed by atoms with Gasteiger partial charge in [-0.05, 0) is 25.5 Å². The zero-order chi connectivity index (χ0) is 12.8. The number of benzene rings is 1. The molecule has 0 saturated heterocycles. The maximum absolute atomic E-state index is 5.29. The predicted octanol–water partition coefficient (Wildman–Crippen LogP) is 3.40. The fourth-order valence-electron chi connectivity index (χ4n) is 2.08. The average molecular weight is 244 g/mol. The van der Waals surface area contributed by atoms with Crippen molar-refractivity contribution in [1.82, 2.24) is 10.1 Å². The number of rotatable bonds is 6. The molecule has 1 aromatic heterocycles. The highest BCUT2D eigenvalue weighted by Gasteiger charge is 2.09. The Labute approximate surface area is 108 Å². The van der Waals surface area contributed by atoms with Crippen molar-refractivity contribution in [1.29, 1.82) is 0 Å². The van der Waals surface area contributed by atoms with E-state index in [1.54, 1.807) is 0 Å². The van der Waals surface area contributed by atoms with Gasteiger partial charge >= 0.3 is 0 Å². The Morgan fingerprint density at radius 1 is 1.17 bits per heavy atom. The maximum atomic E-state index is 5.29. The Balaban J connectivity index is 1.99. The highest BCUT2D eigenvalue weighted by molar-refractivity contribution is 5.14. The Hall–Kier alpha value is -1.61. The summed E-state index contributed by atoms with van der Waals surface area (Å²) in [6, 6.07) is 12.5. The summed E-state index contributed by atoms with van der Waals surface area (Å²) in [4.78, 5) is 2.38. The lowest BCUT2D eigenvalue weighted by Gasteiger charge is -2.20. The third kappa shape index (κ3) is 3.70. The van der Waals surface area contributed by atoms with Crippen molar-refractivity contribution in [2.24, 2.45) is 0 Å². The molecule has 1 heterocycles. The topological polar surface area (TPSA) is 29.3 Å². The molecule has 0 saturated carbocycles. The molecule has 0 fully saturated rings. The van der Waals surface area contributed by atoms with E-state index in [2.05, 4.69) is 41.2 Å². The molecular weight excluding hydrogens is 224 g/mol. The van der Waals surface area contributed by atoms with Crippen LogP contribution in [0.5, 0.6) is 0 Å². The van der Waals surface area contributed by atoms with Crippen LogP contribution in [0.15, 0.2) is 40.9 Å². The number of aryl methyl sites for hydroxylation is 1. The highest BCUT2D eigenvalue weighted by Crippen LogP contribution is 2.11. The molecule has 18 heavy (non-hydrogen) atoms. The monoisotopic (exact) mass is 244 g/mol. The quantitative estimate of drug-likeness (QED) is 0.780. The summed E-state index contributed by atoms with van der Waals surface area (Å²) in [7, 11) is 0. The molecule has 3 nitrogen and oxygen atoms in total. The highest BCUT2D eigenvalue weighted by atomic mass is 16.5. The zero-order valence-electron chi connectivity index (χ0n) is 11.1. The van der Waals surface area contributed by atoms with Crippen LogP contribution in [-0.4, -0.2) is 16.6 Å². The first-order valence-electron chi connectivity index (χ1n) is 6.46. The van der Waals surface area contributed by atoms with Crippen molar-refractivity contribution in [3.8, 4) is 0 Å². The van der Waals surface area contributed by atoms with Crippen molar-refractivity contribution in [2.75, 3.05) is 6.54 Å². The van der Waals surface area contributed by atoms with E-state index >= 15 is 0 Å². The van der Waals surface area contributed by atoms with Gasteiger partial charge in [-0.25, -0.2) is 0 Å². The van der Waals surface area contributed by atoms with Crippen LogP contribution in [-0.2, 0) is 13.1 Å². The summed E-state index contributed by atoms with van der Waals surface area (Å²) >= 11 is 0. The molecule has 2 aromatic rings. The second-order valence-electron chi connectivity index (χ2n) is 4.63. The molecule has 0 unspecified atom stereocenters. The van der Waals surface area contributed by atoms with E-state index in [0.29, 0.717) is 0 Å². The van der Waals surface area contributed by atoms with E-state index in [9.17, 15) is 0 Å². The number of nitrogens with zero attached hydrogens (tertiary/aromatic N) is 2. The van der Waals surface area contributed by atoms with Crippen LogP contribution < -0.4 is 0 Å². The Morgan fingerprint density at radius 3 is 2.56 bits per heavy atom. The summed E-state index contributed by atoms with van der Waals surface area (Å²) in [6.45, 7) is 6.99. The first kappa shape index (κ1) is 12.8. The van der Waals surface area contributed by atoms with Crippen molar-refractivity contribution in [3.05, 3.63) is 53.4 Å². The first-order chi connectivity index (χ1) is 8.78. The van der Waals surface area contributed by atoms with Gasteiger partial charge in [0.05, 0.1) is 12.2 Å². The largest absolute Gasteiger partial charge is 0.360 e. The van der Waals surface area contributed by atoms with Crippen LogP contribution in [0.4, 0.5) is 0 Å². The van der Waals surface area contributed by atoms with Gasteiger partial charge in [-0.15, -0.1) is 0 Å². The lowest BCUT2D eigenvalue weighted by atomic mass is 10.2. The predicted molar refractivity (Wildman–Crippen MR) is 72.1 cm³/mol. The Kier molecular flexibility index (Phi) is 4.53. The Bertz CT molecular complexity index is 464. The summed E-state index contributed by atoms with van der Waals surface area (Å²) < 4.78 is 5.29. The second-order valence-corrected chi connectivity index (χ2v) is 4.63. The molecule has 3 heteroatoms. The van der Waals surface area contributed by atoms with Gasteiger partial charge in [0.1, 0.15) is 0 Å². The molecule has 0 spiro atoms. The minimum Gasteiger partial charge on any atom is -0.360 e. The van der Waals surface area contributed by atoms with Gasteiger partial charge in [0, 0.05) is 12.6 Å². The van der Waals surface area contributed by atoms with E-state index in [1.165, 1.54) is 5.56 Å². The van der Waals surface area contributed by atoms with Crippen LogP contribution >= 0.6 is 0 Å². The molecule has 0 aliphatic carbocycles. The first-order valence-corrected chi connectivity index (χ1v) is 6.46. The molecule has 2 rings (SSSR count). The average Bonchev–Trinajstić information content (AvgIpc) is 2.76. The van der Waals surface area contributed by atoms with Crippen molar-refractivity contribution in [3.63, 3.8) is 0 Å². The normalized spacial score (nSPS) is 11.1. The van der Waals surface area contributed by atoms with Crippen LogP contribution in [0.2, 0.25) is 0 Å². The molecule has 0 bridgehead atoms. The molecule has 0 aliphatic rings. The van der Waals surface area contributed by atoms with E-state index < -0.39 is 0 Å². The molecular formula is C15H20N2O. The van der Waals surface area contributed by atoms with Crippen LogP contribution in [0.3, 0.4) is 0 Å².